The Morgan fingerprint density at radius 2 is 0.950 bits per heavy atom. The van der Waals surface area contributed by atoms with Crippen LogP contribution in [0.1, 0.15) is 82.8 Å². The molecular weight excluding hydrogens is 1040 g/mol. The Balaban J connectivity index is 2.39. The second-order valence-corrected chi connectivity index (χ2v) is 19.2. The quantitative estimate of drug-likeness (QED) is 0.0169. The van der Waals surface area contributed by atoms with E-state index in [-0.39, 0.29) is 82.3 Å². The van der Waals surface area contributed by atoms with E-state index >= 15 is 0 Å². The Bertz CT molecular complexity index is 2410. The number of rotatable bonds is 38. The third-order valence-corrected chi connectivity index (χ3v) is 11.9. The average molecular weight is 1120 g/mol. The predicted molar refractivity (Wildman–Crippen MR) is 296 cm³/mol. The predicted octanol–water partition coefficient (Wildman–Crippen LogP) is -5.46. The molecule has 0 heterocycles. The van der Waals surface area contributed by atoms with E-state index in [1.54, 1.807) is 74.5 Å². The van der Waals surface area contributed by atoms with Gasteiger partial charge in [-0.3, -0.25) is 53.1 Å². The SMILES string of the molecule is CC(C)C[C@H](NC(=O)[C@H](CCCN=C(N)N)NC(=O)[C@H](CCCN=C(N)N)NC(=O)[C@@H](N)CCCCN)C(=O)N[C@@H](CC(N)=O)C(=O)N[C@@H](Cc1ccccc1)C(=O)N[C@@H](CO)C(=O)NCC(=O)N[C@@H](Cc1ccccc1)C(=O)O. The largest absolute Gasteiger partial charge is 0.480 e. The van der Waals surface area contributed by atoms with E-state index in [4.69, 9.17) is 40.1 Å². The number of amides is 9. The Morgan fingerprint density at radius 3 is 1.43 bits per heavy atom. The number of nitrogens with zero attached hydrogens (tertiary/aromatic N) is 2. The number of guanidine groups is 2. The topological polar surface area (TPSA) is 514 Å². The summed E-state index contributed by atoms with van der Waals surface area (Å²) >= 11 is 0. The highest BCUT2D eigenvalue weighted by molar-refractivity contribution is 5.99. The van der Waals surface area contributed by atoms with Gasteiger partial charge in [0.2, 0.25) is 53.2 Å². The van der Waals surface area contributed by atoms with E-state index in [2.05, 4.69) is 52.5 Å². The van der Waals surface area contributed by atoms with Crippen LogP contribution in [0.4, 0.5) is 0 Å². The van der Waals surface area contributed by atoms with Gasteiger partial charge in [0.05, 0.1) is 25.6 Å². The van der Waals surface area contributed by atoms with Crippen LogP contribution < -0.4 is 82.7 Å². The number of unbranched alkanes of at least 4 members (excludes halogenated alkanes) is 1. The molecular formula is C51H81N17O12. The fraction of sp³-hybridized carbons (Fsp3) is 0.529. The van der Waals surface area contributed by atoms with E-state index < -0.39 is 127 Å². The molecule has 0 aliphatic carbocycles. The van der Waals surface area contributed by atoms with E-state index in [1.807, 2.05) is 0 Å². The fourth-order valence-corrected chi connectivity index (χ4v) is 7.78. The molecule has 8 atom stereocenters. The maximum absolute atomic E-state index is 14.3. The number of carboxylic acids is 1. The number of aliphatic imine (C=N–C) groups is 2. The normalized spacial score (nSPS) is 13.9. The summed E-state index contributed by atoms with van der Waals surface area (Å²) in [6.45, 7) is 2.23. The minimum atomic E-state index is -1.77. The molecule has 0 saturated carbocycles. The number of primary amides is 1. The molecule has 0 aliphatic heterocycles. The van der Waals surface area contributed by atoms with Crippen LogP contribution >= 0.6 is 0 Å². The Hall–Kier alpha value is -8.44. The summed E-state index contributed by atoms with van der Waals surface area (Å²) in [6.07, 6.45) is 0.538. The molecule has 2 aromatic carbocycles. The first-order valence-electron chi connectivity index (χ1n) is 26.1. The van der Waals surface area contributed by atoms with Gasteiger partial charge in [-0.05, 0) is 68.5 Å². The second-order valence-electron chi connectivity index (χ2n) is 19.2. The van der Waals surface area contributed by atoms with Crippen molar-refractivity contribution in [2.24, 2.45) is 56.0 Å². The number of carbonyl (C=O) groups excluding carboxylic acids is 9. The molecule has 0 aromatic heterocycles. The molecule has 2 aromatic rings. The molecule has 29 heteroatoms. The highest BCUT2D eigenvalue weighted by Crippen LogP contribution is 2.12. The number of carboxylic acid groups (broad SMARTS) is 1. The Morgan fingerprint density at radius 1 is 0.512 bits per heavy atom. The number of nitrogens with one attached hydrogen (secondary N) is 8. The van der Waals surface area contributed by atoms with Crippen molar-refractivity contribution in [1.82, 2.24) is 42.5 Å². The first-order chi connectivity index (χ1) is 37.9. The lowest BCUT2D eigenvalue weighted by Gasteiger charge is -2.28. The number of aliphatic hydroxyl groups is 1. The highest BCUT2D eigenvalue weighted by Gasteiger charge is 2.35. The summed E-state index contributed by atoms with van der Waals surface area (Å²) in [4.78, 5) is 142. The molecule has 24 N–H and O–H groups in total. The molecule has 80 heavy (non-hydrogen) atoms. The van der Waals surface area contributed by atoms with Gasteiger partial charge in [0.1, 0.15) is 42.3 Å². The maximum Gasteiger partial charge on any atom is 0.326 e. The molecule has 0 saturated heterocycles. The number of hydrogen-bond donors (Lipinski definition) is 17. The van der Waals surface area contributed by atoms with Crippen LogP contribution in [0.15, 0.2) is 70.6 Å². The molecule has 0 bridgehead atoms. The molecule has 0 aliphatic rings. The number of aliphatic hydroxyl groups excluding tert-OH is 1. The molecule has 0 fully saturated rings. The lowest BCUT2D eigenvalue weighted by Crippen LogP contribution is -2.61. The van der Waals surface area contributed by atoms with Gasteiger partial charge in [0.15, 0.2) is 11.9 Å². The van der Waals surface area contributed by atoms with Crippen molar-refractivity contribution < 1.29 is 58.2 Å². The number of nitrogens with two attached hydrogens (primary N) is 7. The van der Waals surface area contributed by atoms with Gasteiger partial charge in [0.25, 0.3) is 0 Å². The summed E-state index contributed by atoms with van der Waals surface area (Å²) in [6, 6.07) is 5.25. The van der Waals surface area contributed by atoms with Crippen LogP contribution in [0, 0.1) is 5.92 Å². The zero-order valence-electron chi connectivity index (χ0n) is 45.2. The lowest BCUT2D eigenvalue weighted by atomic mass is 10.0. The molecule has 2 rings (SSSR count). The van der Waals surface area contributed by atoms with Gasteiger partial charge in [0, 0.05) is 25.9 Å². The molecule has 442 valence electrons. The zero-order valence-corrected chi connectivity index (χ0v) is 45.2. The van der Waals surface area contributed by atoms with Crippen LogP contribution in [0.2, 0.25) is 0 Å². The smallest absolute Gasteiger partial charge is 0.326 e. The van der Waals surface area contributed by atoms with Crippen LogP contribution in [-0.2, 0) is 60.8 Å². The van der Waals surface area contributed by atoms with Crippen molar-refractivity contribution in [2.75, 3.05) is 32.8 Å². The third kappa shape index (κ3) is 27.2. The third-order valence-electron chi connectivity index (χ3n) is 11.9. The fourth-order valence-electron chi connectivity index (χ4n) is 7.78. The summed E-state index contributed by atoms with van der Waals surface area (Å²) in [5.74, 6) is -10.5. The van der Waals surface area contributed by atoms with Gasteiger partial charge in [-0.2, -0.15) is 0 Å². The molecule has 29 nitrogen and oxygen atoms in total. The molecule has 0 spiro atoms. The zero-order chi connectivity index (χ0) is 59.7. The van der Waals surface area contributed by atoms with Gasteiger partial charge in [-0.15, -0.1) is 0 Å². The first kappa shape index (κ1) is 67.7. The first-order valence-corrected chi connectivity index (χ1v) is 26.1. The molecule has 0 unspecified atom stereocenters. The van der Waals surface area contributed by atoms with Crippen LogP contribution in [0.3, 0.4) is 0 Å². The van der Waals surface area contributed by atoms with E-state index in [9.17, 15) is 58.2 Å². The van der Waals surface area contributed by atoms with Gasteiger partial charge in [-0.25, -0.2) is 4.79 Å². The standard InChI is InChI=1S/C51H81N17O12/c1-29(2)23-35(65-45(75)34(19-12-22-60-51(57)58)64-44(74)33(18-11-21-59-50(55)56)63-42(72)32(53)17-9-10-20-52)46(76)67-37(26-40(54)70)48(78)66-36(24-30-13-5-3-6-14-30)47(77)68-39(28-69)43(73)61-27-41(71)62-38(49(79)80)25-31-15-7-4-8-16-31/h3-8,13-16,29,32-39,69H,9-12,17-28,52-53H2,1-2H3,(H2,54,70)(H,61,73)(H,62,71)(H,63,72)(H,64,74)(H,65,75)(H,66,78)(H,67,76)(H,68,77)(H,79,80)(H4,55,56,59)(H4,57,58,60)/t32-,33-,34-,35-,36-,37-,38-,39-/m0/s1. The molecule has 9 amide bonds. The van der Waals surface area contributed by atoms with Gasteiger partial charge < -0.3 is 92.9 Å². The Labute approximate surface area is 463 Å². The minimum absolute atomic E-state index is 0.00726. The minimum Gasteiger partial charge on any atom is -0.480 e. The second kappa shape index (κ2) is 36.6. The summed E-state index contributed by atoms with van der Waals surface area (Å²) < 4.78 is 0. The van der Waals surface area contributed by atoms with E-state index in [1.165, 1.54) is 0 Å². The van der Waals surface area contributed by atoms with Crippen molar-refractivity contribution in [3.8, 4) is 0 Å². The summed E-state index contributed by atoms with van der Waals surface area (Å²) in [5.41, 5.74) is 40.3. The maximum atomic E-state index is 14.3. The Kier molecular flexibility index (Phi) is 31.0. The van der Waals surface area contributed by atoms with Crippen molar-refractivity contribution >= 4 is 71.1 Å². The van der Waals surface area contributed by atoms with E-state index in [0.29, 0.717) is 30.5 Å². The molecule has 0 radical (unpaired) electrons. The number of carbonyl (C=O) groups is 10. The monoisotopic (exact) mass is 1120 g/mol. The highest BCUT2D eigenvalue weighted by atomic mass is 16.4. The summed E-state index contributed by atoms with van der Waals surface area (Å²) in [7, 11) is 0. The van der Waals surface area contributed by atoms with Crippen LogP contribution in [-0.4, -0.2) is 162 Å². The lowest BCUT2D eigenvalue weighted by molar-refractivity contribution is -0.141. The number of aliphatic carboxylic acids is 1. The van der Waals surface area contributed by atoms with Gasteiger partial charge in [-0.1, -0.05) is 80.9 Å². The summed E-state index contributed by atoms with van der Waals surface area (Å²) in [5, 5.41) is 39.6. The number of benzene rings is 2. The van der Waals surface area contributed by atoms with Crippen LogP contribution in [0.5, 0.6) is 0 Å². The van der Waals surface area contributed by atoms with Gasteiger partial charge >= 0.3 is 5.97 Å². The average Bonchev–Trinajstić information content (AvgIpc) is 3.40. The van der Waals surface area contributed by atoms with Crippen molar-refractivity contribution in [2.45, 2.75) is 133 Å². The van der Waals surface area contributed by atoms with Crippen molar-refractivity contribution in [1.29, 1.82) is 0 Å². The van der Waals surface area contributed by atoms with Crippen molar-refractivity contribution in [3.05, 3.63) is 71.8 Å². The number of hydrogen-bond acceptors (Lipinski definition) is 15. The van der Waals surface area contributed by atoms with Crippen molar-refractivity contribution in [3.63, 3.8) is 0 Å². The van der Waals surface area contributed by atoms with Crippen LogP contribution in [0.25, 0.3) is 0 Å². The van der Waals surface area contributed by atoms with E-state index in [0.717, 1.165) is 0 Å².